The first-order valence-corrected chi connectivity index (χ1v) is 9.11. The third-order valence-electron chi connectivity index (χ3n) is 3.87. The average molecular weight is 379 g/mol. The molecule has 0 saturated carbocycles. The van der Waals surface area contributed by atoms with Gasteiger partial charge < -0.3 is 24.8 Å². The van der Waals surface area contributed by atoms with Gasteiger partial charge >= 0.3 is 12.1 Å². The second-order valence-corrected chi connectivity index (χ2v) is 7.35. The van der Waals surface area contributed by atoms with Gasteiger partial charge in [0.1, 0.15) is 11.4 Å². The van der Waals surface area contributed by atoms with Crippen molar-refractivity contribution >= 4 is 23.5 Å². The first-order valence-electron chi connectivity index (χ1n) is 9.11. The average Bonchev–Trinajstić information content (AvgIpc) is 3.08. The van der Waals surface area contributed by atoms with E-state index in [4.69, 9.17) is 14.2 Å². The number of anilines is 2. The molecule has 0 bridgehead atoms. The minimum absolute atomic E-state index is 0.239. The van der Waals surface area contributed by atoms with E-state index in [0.717, 1.165) is 25.9 Å². The van der Waals surface area contributed by atoms with Crippen LogP contribution in [0.4, 0.5) is 21.0 Å². The van der Waals surface area contributed by atoms with Crippen molar-refractivity contribution in [3.8, 4) is 5.75 Å². The summed E-state index contributed by atoms with van der Waals surface area (Å²) >= 11 is 0. The molecule has 1 fully saturated rings. The second-order valence-electron chi connectivity index (χ2n) is 7.35. The number of ether oxygens (including phenoxy) is 3. The zero-order valence-corrected chi connectivity index (χ0v) is 16.4. The van der Waals surface area contributed by atoms with Gasteiger partial charge in [0, 0.05) is 24.9 Å². The molecule has 8 heteroatoms. The van der Waals surface area contributed by atoms with Gasteiger partial charge in [-0.3, -0.25) is 5.32 Å². The fourth-order valence-corrected chi connectivity index (χ4v) is 2.68. The van der Waals surface area contributed by atoms with E-state index in [-0.39, 0.29) is 12.1 Å². The van der Waals surface area contributed by atoms with Crippen molar-refractivity contribution in [3.63, 3.8) is 0 Å². The number of hydrogen-bond donors (Lipinski definition) is 3. The highest BCUT2D eigenvalue weighted by molar-refractivity contribution is 5.91. The summed E-state index contributed by atoms with van der Waals surface area (Å²) in [7, 11) is 1.49. The quantitative estimate of drug-likeness (QED) is 0.699. The largest absolute Gasteiger partial charge is 0.494 e. The van der Waals surface area contributed by atoms with E-state index >= 15 is 0 Å². The zero-order valence-electron chi connectivity index (χ0n) is 16.4. The Morgan fingerprint density at radius 2 is 2.04 bits per heavy atom. The van der Waals surface area contributed by atoms with Crippen molar-refractivity contribution in [2.24, 2.45) is 0 Å². The molecule has 1 aromatic carbocycles. The van der Waals surface area contributed by atoms with E-state index in [0.29, 0.717) is 23.7 Å². The summed E-state index contributed by atoms with van der Waals surface area (Å²) in [5.74, 6) is 0.415. The Labute approximate surface area is 159 Å². The summed E-state index contributed by atoms with van der Waals surface area (Å²) < 4.78 is 16.0. The van der Waals surface area contributed by atoms with Crippen molar-refractivity contribution in [3.05, 3.63) is 18.2 Å². The van der Waals surface area contributed by atoms with E-state index in [1.807, 2.05) is 0 Å². The molecule has 8 nitrogen and oxygen atoms in total. The predicted molar refractivity (Wildman–Crippen MR) is 103 cm³/mol. The van der Waals surface area contributed by atoms with E-state index in [1.165, 1.54) is 7.11 Å². The van der Waals surface area contributed by atoms with Crippen LogP contribution in [0, 0.1) is 0 Å². The van der Waals surface area contributed by atoms with Gasteiger partial charge in [0.05, 0.1) is 18.9 Å². The van der Waals surface area contributed by atoms with Gasteiger partial charge in [-0.1, -0.05) is 0 Å². The molecule has 0 radical (unpaired) electrons. The van der Waals surface area contributed by atoms with Crippen LogP contribution >= 0.6 is 0 Å². The fourth-order valence-electron chi connectivity index (χ4n) is 2.68. The SMILES string of the molecule is COc1cc(NC(=O)NCCC2CCCO2)ccc1NC(=O)OC(C)(C)C. The van der Waals surface area contributed by atoms with Gasteiger partial charge in [-0.05, 0) is 52.2 Å². The van der Waals surface area contributed by atoms with Crippen LogP contribution in [0.1, 0.15) is 40.0 Å². The molecule has 0 spiro atoms. The molecule has 1 aliphatic heterocycles. The Kier molecular flexibility index (Phi) is 7.29. The number of amides is 3. The predicted octanol–water partition coefficient (Wildman–Crippen LogP) is 3.73. The molecule has 0 aliphatic carbocycles. The summed E-state index contributed by atoms with van der Waals surface area (Å²) in [6.45, 7) is 6.71. The van der Waals surface area contributed by atoms with Crippen molar-refractivity contribution in [2.75, 3.05) is 30.9 Å². The minimum Gasteiger partial charge on any atom is -0.494 e. The van der Waals surface area contributed by atoms with E-state index in [1.54, 1.807) is 39.0 Å². The molecular weight excluding hydrogens is 350 g/mol. The molecule has 3 N–H and O–H groups in total. The lowest BCUT2D eigenvalue weighted by Crippen LogP contribution is -2.31. The molecule has 1 aromatic rings. The number of nitrogens with one attached hydrogen (secondary N) is 3. The van der Waals surface area contributed by atoms with Crippen LogP contribution in [0.15, 0.2) is 18.2 Å². The molecule has 1 atom stereocenters. The summed E-state index contributed by atoms with van der Waals surface area (Å²) in [5.41, 5.74) is 0.410. The fraction of sp³-hybridized carbons (Fsp3) is 0.579. The molecule has 3 amide bonds. The number of methoxy groups -OCH3 is 1. The lowest BCUT2D eigenvalue weighted by Gasteiger charge is -2.20. The standard InChI is InChI=1S/C19H29N3O5/c1-19(2,3)27-18(24)22-15-8-7-13(12-16(15)25-4)21-17(23)20-10-9-14-6-5-11-26-14/h7-8,12,14H,5-6,9-11H2,1-4H3,(H,22,24)(H2,20,21,23). The molecule has 0 aromatic heterocycles. The van der Waals surface area contributed by atoms with E-state index < -0.39 is 11.7 Å². The van der Waals surface area contributed by atoms with Gasteiger partial charge in [0.25, 0.3) is 0 Å². The molecule has 1 aliphatic rings. The maximum atomic E-state index is 12.0. The Morgan fingerprint density at radius 1 is 1.26 bits per heavy atom. The van der Waals surface area contributed by atoms with Crippen LogP contribution < -0.4 is 20.7 Å². The van der Waals surface area contributed by atoms with Gasteiger partial charge in [0.15, 0.2) is 0 Å². The van der Waals surface area contributed by atoms with Gasteiger partial charge in [-0.25, -0.2) is 9.59 Å². The van der Waals surface area contributed by atoms with Crippen LogP contribution in [-0.2, 0) is 9.47 Å². The van der Waals surface area contributed by atoms with Crippen molar-refractivity contribution < 1.29 is 23.8 Å². The monoisotopic (exact) mass is 379 g/mol. The van der Waals surface area contributed by atoms with Gasteiger partial charge in [-0.15, -0.1) is 0 Å². The summed E-state index contributed by atoms with van der Waals surface area (Å²) in [6.07, 6.45) is 2.60. The third kappa shape index (κ3) is 7.34. The molecule has 2 rings (SSSR count). The normalized spacial score (nSPS) is 16.5. The third-order valence-corrected chi connectivity index (χ3v) is 3.87. The number of urea groups is 1. The molecule has 1 unspecified atom stereocenters. The Hall–Kier alpha value is -2.48. The van der Waals surface area contributed by atoms with E-state index in [2.05, 4.69) is 16.0 Å². The summed E-state index contributed by atoms with van der Waals surface area (Å²) in [5, 5.41) is 8.19. The Bertz CT molecular complexity index is 651. The number of benzene rings is 1. The van der Waals surface area contributed by atoms with Crippen molar-refractivity contribution in [1.82, 2.24) is 5.32 Å². The molecule has 1 saturated heterocycles. The molecule has 1 heterocycles. The Morgan fingerprint density at radius 3 is 2.67 bits per heavy atom. The highest BCUT2D eigenvalue weighted by Gasteiger charge is 2.18. The Balaban J connectivity index is 1.86. The maximum absolute atomic E-state index is 12.0. The topological polar surface area (TPSA) is 97.9 Å². The number of hydrogen-bond acceptors (Lipinski definition) is 5. The molecular formula is C19H29N3O5. The highest BCUT2D eigenvalue weighted by Crippen LogP contribution is 2.28. The number of carbonyl (C=O) groups excluding carboxylic acids is 2. The van der Waals surface area contributed by atoms with Crippen LogP contribution in [0.3, 0.4) is 0 Å². The van der Waals surface area contributed by atoms with Crippen LogP contribution in [0.5, 0.6) is 5.75 Å². The minimum atomic E-state index is -0.597. The van der Waals surface area contributed by atoms with Crippen LogP contribution in [0.2, 0.25) is 0 Å². The van der Waals surface area contributed by atoms with Gasteiger partial charge in [-0.2, -0.15) is 0 Å². The lowest BCUT2D eigenvalue weighted by molar-refractivity contribution is 0.0635. The first-order chi connectivity index (χ1) is 12.8. The number of carbonyl (C=O) groups is 2. The zero-order chi connectivity index (χ0) is 19.9. The lowest BCUT2D eigenvalue weighted by atomic mass is 10.2. The first kappa shape index (κ1) is 20.8. The van der Waals surface area contributed by atoms with Crippen molar-refractivity contribution in [2.45, 2.75) is 51.7 Å². The second kappa shape index (κ2) is 9.45. The van der Waals surface area contributed by atoms with Gasteiger partial charge in [0.2, 0.25) is 0 Å². The highest BCUT2D eigenvalue weighted by atomic mass is 16.6. The van der Waals surface area contributed by atoms with Crippen molar-refractivity contribution in [1.29, 1.82) is 0 Å². The smallest absolute Gasteiger partial charge is 0.412 e. The van der Waals surface area contributed by atoms with E-state index in [9.17, 15) is 9.59 Å². The molecule has 150 valence electrons. The van der Waals surface area contributed by atoms with Crippen LogP contribution in [0.25, 0.3) is 0 Å². The molecule has 27 heavy (non-hydrogen) atoms. The van der Waals surface area contributed by atoms with Crippen LogP contribution in [-0.4, -0.2) is 44.1 Å². The summed E-state index contributed by atoms with van der Waals surface area (Å²) in [4.78, 5) is 23.9. The number of rotatable bonds is 6. The summed E-state index contributed by atoms with van der Waals surface area (Å²) in [6, 6.07) is 4.65. The maximum Gasteiger partial charge on any atom is 0.412 e.